The molecule has 0 saturated carbocycles. The number of nitrogens with zero attached hydrogens (tertiary/aromatic N) is 4. The number of benzene rings is 2. The van der Waals surface area contributed by atoms with Gasteiger partial charge in [0, 0.05) is 18.3 Å². The van der Waals surface area contributed by atoms with E-state index in [9.17, 15) is 20.2 Å². The summed E-state index contributed by atoms with van der Waals surface area (Å²) in [5.41, 5.74) is 0.473. The molecule has 118 valence electrons. The van der Waals surface area contributed by atoms with Crippen molar-refractivity contribution < 1.29 is 9.85 Å². The lowest BCUT2D eigenvalue weighted by molar-refractivity contribution is -0.422. The number of hydrogen-bond donors (Lipinski definition) is 1. The topological polar surface area (TPSA) is 123 Å². The first kappa shape index (κ1) is 16.0. The predicted octanol–water partition coefficient (Wildman–Crippen LogP) is 4.35. The van der Waals surface area contributed by atoms with E-state index in [-0.39, 0.29) is 5.69 Å². The molecule has 0 aliphatic carbocycles. The minimum atomic E-state index is -0.817. The lowest BCUT2D eigenvalue weighted by atomic mass is 10.2. The molecule has 0 heterocycles. The number of nitrogens with one attached hydrogen (secondary N) is 1. The number of nitro benzene ring substituents is 2. The van der Waals surface area contributed by atoms with Crippen LogP contribution in [0.5, 0.6) is 0 Å². The van der Waals surface area contributed by atoms with E-state index in [1.165, 1.54) is 6.07 Å². The van der Waals surface area contributed by atoms with Gasteiger partial charge < -0.3 is 5.32 Å². The summed E-state index contributed by atoms with van der Waals surface area (Å²) in [6.45, 7) is 2.78. The molecule has 2 aromatic rings. The van der Waals surface area contributed by atoms with E-state index in [4.69, 9.17) is 0 Å². The minimum Gasteiger partial charge on any atom is -0.385 e. The summed E-state index contributed by atoms with van der Waals surface area (Å²) in [5.74, 6) is 0. The maximum atomic E-state index is 10.9. The molecule has 0 saturated heterocycles. The Morgan fingerprint density at radius 2 is 1.48 bits per heavy atom. The van der Waals surface area contributed by atoms with Crippen LogP contribution in [0.15, 0.2) is 52.7 Å². The van der Waals surface area contributed by atoms with Crippen molar-refractivity contribution in [3.05, 3.63) is 62.7 Å². The van der Waals surface area contributed by atoms with Gasteiger partial charge in [-0.1, -0.05) is 0 Å². The third-order valence-electron chi connectivity index (χ3n) is 2.88. The van der Waals surface area contributed by atoms with Gasteiger partial charge in [0.1, 0.15) is 0 Å². The predicted molar refractivity (Wildman–Crippen MR) is 84.5 cm³/mol. The number of rotatable bonds is 6. The Morgan fingerprint density at radius 1 is 0.913 bits per heavy atom. The summed E-state index contributed by atoms with van der Waals surface area (Å²) in [7, 11) is 0. The van der Waals surface area contributed by atoms with Crippen LogP contribution >= 0.6 is 0 Å². The van der Waals surface area contributed by atoms with Gasteiger partial charge in [0.2, 0.25) is 0 Å². The molecule has 0 radical (unpaired) electrons. The largest absolute Gasteiger partial charge is 0.385 e. The van der Waals surface area contributed by atoms with Gasteiger partial charge in [-0.2, -0.15) is 10.2 Å². The molecule has 0 aromatic heterocycles. The first-order valence-electron chi connectivity index (χ1n) is 6.69. The van der Waals surface area contributed by atoms with E-state index in [1.54, 1.807) is 12.1 Å². The highest BCUT2D eigenvalue weighted by atomic mass is 16.6. The van der Waals surface area contributed by atoms with Crippen molar-refractivity contribution in [2.45, 2.75) is 6.92 Å². The van der Waals surface area contributed by atoms with Crippen molar-refractivity contribution >= 4 is 28.4 Å². The summed E-state index contributed by atoms with van der Waals surface area (Å²) < 4.78 is 0. The molecule has 0 amide bonds. The molecule has 1 N–H and O–H groups in total. The van der Waals surface area contributed by atoms with Gasteiger partial charge in [0.25, 0.3) is 0 Å². The van der Waals surface area contributed by atoms with Gasteiger partial charge in [-0.25, -0.2) is 0 Å². The summed E-state index contributed by atoms with van der Waals surface area (Å²) in [6.07, 6.45) is 0. The molecule has 9 heteroatoms. The van der Waals surface area contributed by atoms with E-state index in [2.05, 4.69) is 15.5 Å². The number of azo groups is 1. The van der Waals surface area contributed by atoms with Crippen LogP contribution in [0.2, 0.25) is 0 Å². The fourth-order valence-electron chi connectivity index (χ4n) is 1.84. The van der Waals surface area contributed by atoms with Crippen molar-refractivity contribution in [2.24, 2.45) is 10.2 Å². The number of anilines is 1. The Morgan fingerprint density at radius 3 is 2.04 bits per heavy atom. The SMILES string of the molecule is CCNc1ccc(N=Nc2ccc([N+](=O)[O-])c([N+](=O)[O-])c2)cc1. The van der Waals surface area contributed by atoms with E-state index >= 15 is 0 Å². The Labute approximate surface area is 131 Å². The fourth-order valence-corrected chi connectivity index (χ4v) is 1.84. The van der Waals surface area contributed by atoms with Crippen LogP contribution < -0.4 is 5.32 Å². The van der Waals surface area contributed by atoms with Gasteiger partial charge >= 0.3 is 11.4 Å². The Kier molecular flexibility index (Phi) is 4.92. The molecule has 0 spiro atoms. The van der Waals surface area contributed by atoms with Gasteiger partial charge in [-0.15, -0.1) is 0 Å². The van der Waals surface area contributed by atoms with Crippen molar-refractivity contribution in [1.29, 1.82) is 0 Å². The molecule has 23 heavy (non-hydrogen) atoms. The third kappa shape index (κ3) is 4.06. The van der Waals surface area contributed by atoms with Crippen molar-refractivity contribution in [1.82, 2.24) is 0 Å². The molecule has 0 bridgehead atoms. The smallest absolute Gasteiger partial charge is 0.348 e. The minimum absolute atomic E-state index is 0.165. The molecule has 2 rings (SSSR count). The maximum Gasteiger partial charge on any atom is 0.348 e. The van der Waals surface area contributed by atoms with Crippen LogP contribution in [0.25, 0.3) is 0 Å². The fraction of sp³-hybridized carbons (Fsp3) is 0.143. The van der Waals surface area contributed by atoms with Crippen molar-refractivity contribution in [3.8, 4) is 0 Å². The number of nitro groups is 2. The third-order valence-corrected chi connectivity index (χ3v) is 2.88. The van der Waals surface area contributed by atoms with Crippen LogP contribution in [0, 0.1) is 20.2 Å². The second kappa shape index (κ2) is 7.07. The van der Waals surface area contributed by atoms with E-state index in [0.29, 0.717) is 5.69 Å². The summed E-state index contributed by atoms with van der Waals surface area (Å²) in [5, 5.41) is 32.6. The lowest BCUT2D eigenvalue weighted by Crippen LogP contribution is -1.95. The molecule has 0 atom stereocenters. The lowest BCUT2D eigenvalue weighted by Gasteiger charge is -2.01. The van der Waals surface area contributed by atoms with Crippen LogP contribution in [-0.2, 0) is 0 Å². The van der Waals surface area contributed by atoms with Crippen molar-refractivity contribution in [3.63, 3.8) is 0 Å². The summed E-state index contributed by atoms with van der Waals surface area (Å²) in [6, 6.07) is 10.5. The molecule has 2 aromatic carbocycles. The molecule has 9 nitrogen and oxygen atoms in total. The van der Waals surface area contributed by atoms with Gasteiger partial charge in [0.15, 0.2) is 0 Å². The Hall–Kier alpha value is -3.36. The zero-order valence-electron chi connectivity index (χ0n) is 12.2. The normalized spacial score (nSPS) is 10.7. The highest BCUT2D eigenvalue weighted by molar-refractivity contribution is 5.60. The van der Waals surface area contributed by atoms with Crippen molar-refractivity contribution in [2.75, 3.05) is 11.9 Å². The molecule has 0 aliphatic heterocycles. The Bertz CT molecular complexity index is 758. The standard InChI is InChI=1S/C14H13N5O4/c1-2-15-10-3-5-11(6-4-10)16-17-12-7-8-13(18(20)21)14(9-12)19(22)23/h3-9,15H,2H2,1H3. The van der Waals surface area contributed by atoms with Gasteiger partial charge in [0.05, 0.1) is 27.3 Å². The molecular formula is C14H13N5O4. The first-order valence-corrected chi connectivity index (χ1v) is 6.69. The average Bonchev–Trinajstić information content (AvgIpc) is 2.54. The van der Waals surface area contributed by atoms with Gasteiger partial charge in [-0.05, 0) is 37.3 Å². The highest BCUT2D eigenvalue weighted by Gasteiger charge is 2.24. The van der Waals surface area contributed by atoms with E-state index in [0.717, 1.165) is 24.4 Å². The summed E-state index contributed by atoms with van der Waals surface area (Å²) in [4.78, 5) is 20.0. The maximum absolute atomic E-state index is 10.9. The van der Waals surface area contributed by atoms with Crippen LogP contribution in [0.4, 0.5) is 28.4 Å². The molecular weight excluding hydrogens is 302 g/mol. The van der Waals surface area contributed by atoms with Gasteiger partial charge in [-0.3, -0.25) is 20.2 Å². The summed E-state index contributed by atoms with van der Waals surface area (Å²) >= 11 is 0. The highest BCUT2D eigenvalue weighted by Crippen LogP contribution is 2.31. The monoisotopic (exact) mass is 315 g/mol. The zero-order chi connectivity index (χ0) is 16.8. The van der Waals surface area contributed by atoms with E-state index < -0.39 is 21.2 Å². The van der Waals surface area contributed by atoms with Crippen LogP contribution in [-0.4, -0.2) is 16.4 Å². The van der Waals surface area contributed by atoms with Crippen LogP contribution in [0.1, 0.15) is 6.92 Å². The first-order chi connectivity index (χ1) is 11.0. The quantitative estimate of drug-likeness (QED) is 0.482. The zero-order valence-corrected chi connectivity index (χ0v) is 12.2. The molecule has 0 unspecified atom stereocenters. The van der Waals surface area contributed by atoms with E-state index in [1.807, 2.05) is 19.1 Å². The van der Waals surface area contributed by atoms with Crippen LogP contribution in [0.3, 0.4) is 0 Å². The average molecular weight is 315 g/mol. The molecule has 0 aliphatic rings. The second-order valence-electron chi connectivity index (χ2n) is 4.46. The Balaban J connectivity index is 2.23. The second-order valence-corrected chi connectivity index (χ2v) is 4.46. The molecule has 0 fully saturated rings. The number of hydrogen-bond acceptors (Lipinski definition) is 7.